The lowest BCUT2D eigenvalue weighted by molar-refractivity contribution is -0.117. The van der Waals surface area contributed by atoms with Crippen molar-refractivity contribution in [2.24, 2.45) is 0 Å². The lowest BCUT2D eigenvalue weighted by atomic mass is 10.3. The van der Waals surface area contributed by atoms with E-state index in [4.69, 9.17) is 0 Å². The second-order valence-electron chi connectivity index (χ2n) is 4.72. The lowest BCUT2D eigenvalue weighted by Gasteiger charge is -2.27. The molecule has 110 valence electrons. The maximum absolute atomic E-state index is 13.0. The summed E-state index contributed by atoms with van der Waals surface area (Å²) in [5.74, 6) is 3.21. The number of aromatic nitrogens is 1. The predicted octanol–water partition coefficient (Wildman–Crippen LogP) is 3.96. The Morgan fingerprint density at radius 2 is 2.10 bits per heavy atom. The number of thioether (sulfide) groups is 2. The zero-order chi connectivity index (χ0) is 14.7. The molecule has 0 bridgehead atoms. The molecule has 0 N–H and O–H groups in total. The van der Waals surface area contributed by atoms with Crippen LogP contribution in [0.5, 0.6) is 0 Å². The smallest absolute Gasteiger partial charge is 0.247 e. The largest absolute Gasteiger partial charge is 0.273 e. The number of thiazole rings is 1. The van der Waals surface area contributed by atoms with Gasteiger partial charge >= 0.3 is 0 Å². The van der Waals surface area contributed by atoms with Crippen LogP contribution in [0.15, 0.2) is 35.7 Å². The molecule has 0 radical (unpaired) electrons. The van der Waals surface area contributed by atoms with Crippen LogP contribution in [0.4, 0.5) is 10.8 Å². The van der Waals surface area contributed by atoms with Crippen LogP contribution in [0.25, 0.3) is 0 Å². The molecule has 1 fully saturated rings. The average Bonchev–Trinajstić information content (AvgIpc) is 2.95. The Morgan fingerprint density at radius 1 is 1.29 bits per heavy atom. The quantitative estimate of drug-likeness (QED) is 0.849. The van der Waals surface area contributed by atoms with Crippen LogP contribution in [0.3, 0.4) is 0 Å². The SMILES string of the molecule is Cc1csc(N(C(=O)C2CSCCS2)c2ccccc2)n1. The van der Waals surface area contributed by atoms with E-state index < -0.39 is 0 Å². The maximum atomic E-state index is 13.0. The number of rotatable bonds is 3. The minimum absolute atomic E-state index is 0.0214. The van der Waals surface area contributed by atoms with Crippen molar-refractivity contribution in [1.82, 2.24) is 4.98 Å². The first-order valence-electron chi connectivity index (χ1n) is 6.76. The molecule has 0 saturated carbocycles. The Morgan fingerprint density at radius 3 is 2.71 bits per heavy atom. The van der Waals surface area contributed by atoms with Crippen LogP contribution in [-0.2, 0) is 4.79 Å². The molecule has 1 aromatic heterocycles. The van der Waals surface area contributed by atoms with Crippen LogP contribution in [0.2, 0.25) is 0 Å². The van der Waals surface area contributed by atoms with Gasteiger partial charge in [0.05, 0.1) is 16.6 Å². The van der Waals surface area contributed by atoms with E-state index in [1.165, 1.54) is 11.3 Å². The Hall–Kier alpha value is -0.980. The second kappa shape index (κ2) is 6.85. The van der Waals surface area contributed by atoms with Crippen molar-refractivity contribution in [2.75, 3.05) is 22.2 Å². The third-order valence-electron chi connectivity index (χ3n) is 3.12. The Bertz CT molecular complexity index is 608. The minimum Gasteiger partial charge on any atom is -0.273 e. The first-order valence-corrected chi connectivity index (χ1v) is 9.84. The van der Waals surface area contributed by atoms with Gasteiger partial charge in [-0.15, -0.1) is 23.1 Å². The number of benzene rings is 1. The van der Waals surface area contributed by atoms with Crippen LogP contribution < -0.4 is 4.90 Å². The van der Waals surface area contributed by atoms with Gasteiger partial charge in [0, 0.05) is 22.6 Å². The summed E-state index contributed by atoms with van der Waals surface area (Å²) in [5, 5.41) is 2.77. The van der Waals surface area contributed by atoms with Gasteiger partial charge in [-0.05, 0) is 19.1 Å². The molecule has 1 unspecified atom stereocenters. The van der Waals surface area contributed by atoms with E-state index in [2.05, 4.69) is 4.98 Å². The summed E-state index contributed by atoms with van der Waals surface area (Å²) in [7, 11) is 0. The van der Waals surface area contributed by atoms with Gasteiger partial charge in [0.2, 0.25) is 5.91 Å². The van der Waals surface area contributed by atoms with Crippen molar-refractivity contribution in [3.8, 4) is 0 Å². The van der Waals surface area contributed by atoms with E-state index in [-0.39, 0.29) is 11.2 Å². The molecule has 6 heteroatoms. The molecule has 1 atom stereocenters. The van der Waals surface area contributed by atoms with Gasteiger partial charge < -0.3 is 0 Å². The molecule has 1 amide bonds. The summed E-state index contributed by atoms with van der Waals surface area (Å²) in [6.45, 7) is 1.96. The normalized spacial score (nSPS) is 18.4. The molecule has 2 heterocycles. The average molecular weight is 337 g/mol. The zero-order valence-electron chi connectivity index (χ0n) is 11.7. The van der Waals surface area contributed by atoms with E-state index in [9.17, 15) is 4.79 Å². The van der Waals surface area contributed by atoms with Crippen molar-refractivity contribution >= 4 is 51.6 Å². The molecular formula is C15H16N2OS3. The summed E-state index contributed by atoms with van der Waals surface area (Å²) in [5.41, 5.74) is 1.85. The van der Waals surface area contributed by atoms with E-state index >= 15 is 0 Å². The number of para-hydroxylation sites is 1. The van der Waals surface area contributed by atoms with Gasteiger partial charge in [-0.2, -0.15) is 11.8 Å². The fourth-order valence-electron chi connectivity index (χ4n) is 2.13. The highest BCUT2D eigenvalue weighted by atomic mass is 32.2. The summed E-state index contributed by atoms with van der Waals surface area (Å²) in [6, 6.07) is 9.81. The summed E-state index contributed by atoms with van der Waals surface area (Å²) in [4.78, 5) is 19.3. The number of hydrogen-bond acceptors (Lipinski definition) is 5. The van der Waals surface area contributed by atoms with E-state index in [1.807, 2.05) is 54.4 Å². The maximum Gasteiger partial charge on any atom is 0.247 e. The summed E-state index contributed by atoms with van der Waals surface area (Å²) in [6.07, 6.45) is 0. The van der Waals surface area contributed by atoms with E-state index in [0.29, 0.717) is 0 Å². The number of nitrogens with zero attached hydrogens (tertiary/aromatic N) is 2. The number of carbonyl (C=O) groups excluding carboxylic acids is 1. The van der Waals surface area contributed by atoms with Crippen molar-refractivity contribution < 1.29 is 4.79 Å². The summed E-state index contributed by atoms with van der Waals surface area (Å²) < 4.78 is 0. The topological polar surface area (TPSA) is 33.2 Å². The highest BCUT2D eigenvalue weighted by molar-refractivity contribution is 8.07. The molecule has 3 rings (SSSR count). The molecule has 1 aliphatic heterocycles. The van der Waals surface area contributed by atoms with Gasteiger partial charge in [0.25, 0.3) is 0 Å². The Kier molecular flexibility index (Phi) is 4.87. The van der Waals surface area contributed by atoms with Crippen LogP contribution in [0.1, 0.15) is 5.69 Å². The molecule has 3 nitrogen and oxygen atoms in total. The Balaban J connectivity index is 1.94. The second-order valence-corrected chi connectivity index (χ2v) is 8.01. The summed E-state index contributed by atoms with van der Waals surface area (Å²) >= 11 is 5.14. The van der Waals surface area contributed by atoms with Crippen molar-refractivity contribution in [3.63, 3.8) is 0 Å². The van der Waals surface area contributed by atoms with Gasteiger partial charge in [-0.1, -0.05) is 18.2 Å². The molecule has 21 heavy (non-hydrogen) atoms. The number of hydrogen-bond donors (Lipinski definition) is 0. The van der Waals surface area contributed by atoms with Crippen LogP contribution in [0, 0.1) is 6.92 Å². The fourth-order valence-corrected chi connectivity index (χ4v) is 5.54. The predicted molar refractivity (Wildman–Crippen MR) is 94.0 cm³/mol. The van der Waals surface area contributed by atoms with Crippen LogP contribution >= 0.6 is 34.9 Å². The molecule has 1 saturated heterocycles. The van der Waals surface area contributed by atoms with Gasteiger partial charge in [0.1, 0.15) is 0 Å². The fraction of sp³-hybridized carbons (Fsp3) is 0.333. The van der Waals surface area contributed by atoms with E-state index in [1.54, 1.807) is 16.7 Å². The molecule has 1 aromatic carbocycles. The lowest BCUT2D eigenvalue weighted by Crippen LogP contribution is -2.37. The monoisotopic (exact) mass is 336 g/mol. The Labute approximate surface area is 137 Å². The van der Waals surface area contributed by atoms with Crippen molar-refractivity contribution in [1.29, 1.82) is 0 Å². The molecular weight excluding hydrogens is 320 g/mol. The minimum atomic E-state index is 0.0214. The third kappa shape index (κ3) is 3.44. The highest BCUT2D eigenvalue weighted by Crippen LogP contribution is 2.33. The van der Waals surface area contributed by atoms with Gasteiger partial charge in [0.15, 0.2) is 5.13 Å². The molecule has 1 aliphatic rings. The van der Waals surface area contributed by atoms with Crippen molar-refractivity contribution in [2.45, 2.75) is 12.2 Å². The van der Waals surface area contributed by atoms with Gasteiger partial charge in [-0.25, -0.2) is 4.98 Å². The number of carbonyl (C=O) groups is 1. The zero-order valence-corrected chi connectivity index (χ0v) is 14.1. The third-order valence-corrected chi connectivity index (χ3v) is 6.81. The van der Waals surface area contributed by atoms with Gasteiger partial charge in [-0.3, -0.25) is 9.69 Å². The van der Waals surface area contributed by atoms with Crippen LogP contribution in [-0.4, -0.2) is 33.4 Å². The molecule has 2 aromatic rings. The first kappa shape index (κ1) is 14.9. The molecule has 0 spiro atoms. The highest BCUT2D eigenvalue weighted by Gasteiger charge is 2.30. The standard InChI is InChI=1S/C15H16N2OS3/c1-11-9-21-15(16-11)17(12-5-3-2-4-6-12)14(18)13-10-19-7-8-20-13/h2-6,9,13H,7-8,10H2,1H3. The first-order chi connectivity index (χ1) is 10.3. The number of anilines is 2. The van der Waals surface area contributed by atoms with Crippen molar-refractivity contribution in [3.05, 3.63) is 41.4 Å². The number of amides is 1. The molecule has 0 aliphatic carbocycles. The number of aryl methyl sites for hydroxylation is 1. The van der Waals surface area contributed by atoms with E-state index in [0.717, 1.165) is 33.8 Å².